The molecule has 0 radical (unpaired) electrons. The highest BCUT2D eigenvalue weighted by molar-refractivity contribution is 5.83. The van der Waals surface area contributed by atoms with Crippen molar-refractivity contribution >= 4 is 16.7 Å². The molecule has 2 atom stereocenters. The van der Waals surface area contributed by atoms with E-state index >= 15 is 0 Å². The van der Waals surface area contributed by atoms with Gasteiger partial charge in [0.25, 0.3) is 0 Å². The molecule has 2 aromatic rings. The monoisotopic (exact) mass is 272 g/mol. The van der Waals surface area contributed by atoms with Crippen molar-refractivity contribution in [2.45, 2.75) is 26.4 Å². The van der Waals surface area contributed by atoms with Gasteiger partial charge < -0.3 is 10.2 Å². The number of hydrogen-bond acceptors (Lipinski definition) is 2. The average molecular weight is 272 g/mol. The summed E-state index contributed by atoms with van der Waals surface area (Å²) in [6, 6.07) is 13.4. The van der Waals surface area contributed by atoms with Crippen LogP contribution in [0.2, 0.25) is 0 Å². The van der Waals surface area contributed by atoms with E-state index < -0.39 is 17.5 Å². The summed E-state index contributed by atoms with van der Waals surface area (Å²) in [5, 5.41) is 22.2. The maximum absolute atomic E-state index is 11.5. The highest BCUT2D eigenvalue weighted by Gasteiger charge is 2.41. The molecule has 20 heavy (non-hydrogen) atoms. The summed E-state index contributed by atoms with van der Waals surface area (Å²) in [4.78, 5) is 11.5. The minimum absolute atomic E-state index is 0.158. The van der Waals surface area contributed by atoms with Crippen LogP contribution in [0, 0.1) is 11.8 Å². The Morgan fingerprint density at radius 3 is 2.25 bits per heavy atom. The van der Waals surface area contributed by atoms with Crippen molar-refractivity contribution in [3.05, 3.63) is 48.0 Å². The standard InChI is InChI=1S/C17H20O3/c1-11(2)15(16(18)19)17(3,20)14-9-8-12-6-4-5-7-13(12)10-14/h4-11,15,20H,1-3H3,(H,18,19). The fraction of sp³-hybridized carbons (Fsp3) is 0.353. The van der Waals surface area contributed by atoms with Gasteiger partial charge in [0.2, 0.25) is 0 Å². The van der Waals surface area contributed by atoms with Crippen molar-refractivity contribution in [2.24, 2.45) is 11.8 Å². The Hall–Kier alpha value is -1.87. The van der Waals surface area contributed by atoms with E-state index in [2.05, 4.69) is 0 Å². The van der Waals surface area contributed by atoms with Crippen molar-refractivity contribution < 1.29 is 15.0 Å². The van der Waals surface area contributed by atoms with Gasteiger partial charge in [-0.05, 0) is 35.2 Å². The number of hydrogen-bond donors (Lipinski definition) is 2. The molecule has 3 nitrogen and oxygen atoms in total. The highest BCUT2D eigenvalue weighted by Crippen LogP contribution is 2.35. The molecule has 2 aromatic carbocycles. The predicted molar refractivity (Wildman–Crippen MR) is 79.5 cm³/mol. The molecule has 0 amide bonds. The van der Waals surface area contributed by atoms with Crippen molar-refractivity contribution in [1.29, 1.82) is 0 Å². The van der Waals surface area contributed by atoms with Gasteiger partial charge in [-0.3, -0.25) is 4.79 Å². The summed E-state index contributed by atoms with van der Waals surface area (Å²) in [5.41, 5.74) is -0.762. The third kappa shape index (κ3) is 2.54. The van der Waals surface area contributed by atoms with E-state index in [4.69, 9.17) is 0 Å². The van der Waals surface area contributed by atoms with Crippen LogP contribution in [-0.4, -0.2) is 16.2 Å². The minimum Gasteiger partial charge on any atom is -0.481 e. The second kappa shape index (κ2) is 5.25. The summed E-state index contributed by atoms with van der Waals surface area (Å²) in [6.07, 6.45) is 0. The Bertz CT molecular complexity index is 629. The number of carboxylic acid groups (broad SMARTS) is 1. The molecule has 2 unspecified atom stereocenters. The first-order chi connectivity index (χ1) is 9.34. The molecule has 0 aliphatic rings. The van der Waals surface area contributed by atoms with Crippen LogP contribution in [0.1, 0.15) is 26.3 Å². The highest BCUT2D eigenvalue weighted by atomic mass is 16.4. The molecule has 0 fully saturated rings. The zero-order valence-electron chi connectivity index (χ0n) is 12.0. The van der Waals surface area contributed by atoms with Gasteiger partial charge in [0.05, 0.1) is 5.92 Å². The molecule has 0 bridgehead atoms. The number of benzene rings is 2. The summed E-state index contributed by atoms with van der Waals surface area (Å²) in [7, 11) is 0. The van der Waals surface area contributed by atoms with Crippen LogP contribution in [0.4, 0.5) is 0 Å². The smallest absolute Gasteiger partial charge is 0.310 e. The van der Waals surface area contributed by atoms with E-state index in [0.717, 1.165) is 10.8 Å². The lowest BCUT2D eigenvalue weighted by Gasteiger charge is -2.33. The Labute approximate surface area is 118 Å². The fourth-order valence-electron chi connectivity index (χ4n) is 2.86. The van der Waals surface area contributed by atoms with Crippen LogP contribution in [0.15, 0.2) is 42.5 Å². The third-order valence-corrected chi connectivity index (χ3v) is 3.87. The third-order valence-electron chi connectivity index (χ3n) is 3.87. The lowest BCUT2D eigenvalue weighted by atomic mass is 9.76. The van der Waals surface area contributed by atoms with Gasteiger partial charge in [0.15, 0.2) is 0 Å². The Balaban J connectivity index is 2.52. The molecular formula is C17H20O3. The van der Waals surface area contributed by atoms with Crippen LogP contribution in [0.5, 0.6) is 0 Å². The molecule has 0 saturated heterocycles. The van der Waals surface area contributed by atoms with Crippen LogP contribution in [-0.2, 0) is 10.4 Å². The van der Waals surface area contributed by atoms with Crippen molar-refractivity contribution in [3.8, 4) is 0 Å². The van der Waals surface area contributed by atoms with Crippen LogP contribution in [0.25, 0.3) is 10.8 Å². The van der Waals surface area contributed by atoms with Crippen molar-refractivity contribution in [1.82, 2.24) is 0 Å². The fourth-order valence-corrected chi connectivity index (χ4v) is 2.86. The van der Waals surface area contributed by atoms with Gasteiger partial charge in [-0.15, -0.1) is 0 Å². The maximum Gasteiger partial charge on any atom is 0.310 e. The molecule has 2 N–H and O–H groups in total. The normalized spacial score (nSPS) is 16.1. The van der Waals surface area contributed by atoms with Crippen LogP contribution < -0.4 is 0 Å². The number of carbonyl (C=O) groups is 1. The quantitative estimate of drug-likeness (QED) is 0.896. The van der Waals surface area contributed by atoms with E-state index in [1.807, 2.05) is 50.2 Å². The molecule has 0 aliphatic heterocycles. The Kier molecular flexibility index (Phi) is 3.82. The average Bonchev–Trinajstić information content (AvgIpc) is 2.36. The first kappa shape index (κ1) is 14.5. The molecule has 0 aromatic heterocycles. The second-order valence-corrected chi connectivity index (χ2v) is 5.77. The van der Waals surface area contributed by atoms with Crippen molar-refractivity contribution in [3.63, 3.8) is 0 Å². The predicted octanol–water partition coefficient (Wildman–Crippen LogP) is 3.40. The molecule has 2 rings (SSSR count). The maximum atomic E-state index is 11.5. The first-order valence-corrected chi connectivity index (χ1v) is 6.78. The van der Waals surface area contributed by atoms with Gasteiger partial charge in [-0.1, -0.05) is 50.2 Å². The zero-order chi connectivity index (χ0) is 14.9. The minimum atomic E-state index is -1.40. The van der Waals surface area contributed by atoms with Gasteiger partial charge >= 0.3 is 5.97 Å². The van der Waals surface area contributed by atoms with E-state index in [1.54, 1.807) is 13.0 Å². The largest absolute Gasteiger partial charge is 0.481 e. The molecule has 0 saturated carbocycles. The lowest BCUT2D eigenvalue weighted by molar-refractivity contribution is -0.155. The number of fused-ring (bicyclic) bond motifs is 1. The SMILES string of the molecule is CC(C)C(C(=O)O)C(C)(O)c1ccc2ccccc2c1. The van der Waals surface area contributed by atoms with Gasteiger partial charge in [0, 0.05) is 0 Å². The van der Waals surface area contributed by atoms with E-state index in [-0.39, 0.29) is 5.92 Å². The van der Waals surface area contributed by atoms with E-state index in [1.165, 1.54) is 0 Å². The molecule has 3 heteroatoms. The zero-order valence-corrected chi connectivity index (χ0v) is 12.0. The van der Waals surface area contributed by atoms with E-state index in [0.29, 0.717) is 5.56 Å². The summed E-state index contributed by atoms with van der Waals surface area (Å²) in [6.45, 7) is 5.21. The number of aliphatic carboxylic acids is 1. The Morgan fingerprint density at radius 1 is 1.10 bits per heavy atom. The summed E-state index contributed by atoms with van der Waals surface area (Å²) >= 11 is 0. The second-order valence-electron chi connectivity index (χ2n) is 5.77. The Morgan fingerprint density at radius 2 is 1.70 bits per heavy atom. The molecule has 0 spiro atoms. The van der Waals surface area contributed by atoms with Crippen LogP contribution >= 0.6 is 0 Å². The molecule has 0 aliphatic carbocycles. The topological polar surface area (TPSA) is 57.5 Å². The van der Waals surface area contributed by atoms with E-state index in [9.17, 15) is 15.0 Å². The number of carboxylic acids is 1. The first-order valence-electron chi connectivity index (χ1n) is 6.78. The lowest BCUT2D eigenvalue weighted by Crippen LogP contribution is -2.40. The van der Waals surface area contributed by atoms with Gasteiger partial charge in [-0.25, -0.2) is 0 Å². The number of aliphatic hydroxyl groups is 1. The van der Waals surface area contributed by atoms with Gasteiger partial charge in [0.1, 0.15) is 5.60 Å². The molecule has 0 heterocycles. The van der Waals surface area contributed by atoms with Crippen LogP contribution in [0.3, 0.4) is 0 Å². The van der Waals surface area contributed by atoms with Crippen molar-refractivity contribution in [2.75, 3.05) is 0 Å². The molecule has 106 valence electrons. The van der Waals surface area contributed by atoms with Gasteiger partial charge in [-0.2, -0.15) is 0 Å². The summed E-state index contributed by atoms with van der Waals surface area (Å²) < 4.78 is 0. The summed E-state index contributed by atoms with van der Waals surface area (Å²) in [5.74, 6) is -1.98. The number of rotatable bonds is 4. The molecular weight excluding hydrogens is 252 g/mol.